The molecule has 0 saturated heterocycles. The van der Waals surface area contributed by atoms with Gasteiger partial charge in [-0.15, -0.1) is 0 Å². The highest BCUT2D eigenvalue weighted by atomic mass is 79.9. The van der Waals surface area contributed by atoms with E-state index in [4.69, 9.17) is 9.47 Å². The van der Waals surface area contributed by atoms with E-state index in [1.165, 1.54) is 13.2 Å². The first kappa shape index (κ1) is 20.4. The van der Waals surface area contributed by atoms with Crippen molar-refractivity contribution in [2.75, 3.05) is 25.6 Å². The maximum Gasteiger partial charge on any atom is 0.339 e. The summed E-state index contributed by atoms with van der Waals surface area (Å²) in [6.45, 7) is 1.86. The smallest absolute Gasteiger partial charge is 0.339 e. The van der Waals surface area contributed by atoms with E-state index in [0.29, 0.717) is 28.0 Å². The van der Waals surface area contributed by atoms with E-state index in [2.05, 4.69) is 26.6 Å². The van der Waals surface area contributed by atoms with Crippen molar-refractivity contribution < 1.29 is 23.9 Å². The predicted octanol–water partition coefficient (Wildman–Crippen LogP) is 3.00. The van der Waals surface area contributed by atoms with Crippen molar-refractivity contribution in [2.45, 2.75) is 6.92 Å². The van der Waals surface area contributed by atoms with Crippen LogP contribution >= 0.6 is 15.9 Å². The number of esters is 1. The number of nitrogens with one attached hydrogen (secondary N) is 2. The van der Waals surface area contributed by atoms with Crippen LogP contribution in [0.15, 0.2) is 46.9 Å². The zero-order valence-corrected chi connectivity index (χ0v) is 16.5. The van der Waals surface area contributed by atoms with Crippen molar-refractivity contribution >= 4 is 39.4 Å². The van der Waals surface area contributed by atoms with Crippen LogP contribution in [0.3, 0.4) is 0 Å². The summed E-state index contributed by atoms with van der Waals surface area (Å²) in [7, 11) is 1.49. The van der Waals surface area contributed by atoms with Gasteiger partial charge in [0, 0.05) is 22.3 Å². The monoisotopic (exact) mass is 434 g/mol. The number of hydrogen-bond acceptors (Lipinski definition) is 5. The van der Waals surface area contributed by atoms with Crippen LogP contribution in [0.1, 0.15) is 27.6 Å². The molecule has 0 atom stereocenters. The third-order valence-electron chi connectivity index (χ3n) is 3.47. The van der Waals surface area contributed by atoms with Crippen molar-refractivity contribution in [2.24, 2.45) is 0 Å². The van der Waals surface area contributed by atoms with Gasteiger partial charge in [0.1, 0.15) is 5.75 Å². The highest BCUT2D eigenvalue weighted by molar-refractivity contribution is 9.10. The van der Waals surface area contributed by atoms with Crippen LogP contribution in [0.4, 0.5) is 5.69 Å². The lowest BCUT2D eigenvalue weighted by Gasteiger charge is -2.09. The molecule has 0 radical (unpaired) electrons. The van der Waals surface area contributed by atoms with Crippen molar-refractivity contribution in [3.8, 4) is 5.75 Å². The van der Waals surface area contributed by atoms with Crippen molar-refractivity contribution in [3.63, 3.8) is 0 Å². The van der Waals surface area contributed by atoms with Crippen LogP contribution in [0.2, 0.25) is 0 Å². The molecule has 27 heavy (non-hydrogen) atoms. The molecular weight excluding hydrogens is 416 g/mol. The Bertz CT molecular complexity index is 854. The third-order valence-corrected chi connectivity index (χ3v) is 4.17. The van der Waals surface area contributed by atoms with E-state index in [0.717, 1.165) is 0 Å². The van der Waals surface area contributed by atoms with Gasteiger partial charge >= 0.3 is 5.97 Å². The van der Waals surface area contributed by atoms with E-state index >= 15 is 0 Å². The molecule has 2 aromatic carbocycles. The molecule has 0 fully saturated rings. The summed E-state index contributed by atoms with van der Waals surface area (Å²) in [5.41, 5.74) is 1.11. The number of halogens is 1. The van der Waals surface area contributed by atoms with Gasteiger partial charge < -0.3 is 20.1 Å². The molecule has 0 bridgehead atoms. The van der Waals surface area contributed by atoms with Gasteiger partial charge in [0.15, 0.2) is 6.61 Å². The zero-order valence-electron chi connectivity index (χ0n) is 14.9. The van der Waals surface area contributed by atoms with Gasteiger partial charge in [0.05, 0.1) is 12.7 Å². The van der Waals surface area contributed by atoms with Crippen LogP contribution in [-0.4, -0.2) is 38.0 Å². The van der Waals surface area contributed by atoms with Gasteiger partial charge in [-0.25, -0.2) is 4.79 Å². The minimum atomic E-state index is -0.660. The van der Waals surface area contributed by atoms with Crippen LogP contribution in [0.5, 0.6) is 5.75 Å². The molecule has 2 rings (SSSR count). The number of hydrogen-bond donors (Lipinski definition) is 2. The number of benzene rings is 2. The lowest BCUT2D eigenvalue weighted by molar-refractivity contribution is -0.119. The number of ether oxygens (including phenoxy) is 2. The average Bonchev–Trinajstić information content (AvgIpc) is 2.67. The second-order valence-corrected chi connectivity index (χ2v) is 6.26. The highest BCUT2D eigenvalue weighted by Gasteiger charge is 2.15. The number of methoxy groups -OCH3 is 1. The molecule has 0 unspecified atom stereocenters. The van der Waals surface area contributed by atoms with Gasteiger partial charge in [-0.05, 0) is 59.3 Å². The lowest BCUT2D eigenvalue weighted by Crippen LogP contribution is -2.23. The summed E-state index contributed by atoms with van der Waals surface area (Å²) in [6, 6.07) is 11.3. The maximum absolute atomic E-state index is 12.2. The van der Waals surface area contributed by atoms with Gasteiger partial charge in [-0.2, -0.15) is 0 Å². The van der Waals surface area contributed by atoms with Gasteiger partial charge in [-0.1, -0.05) is 6.07 Å². The molecule has 2 aromatic rings. The number of carbonyl (C=O) groups is 3. The molecule has 8 heteroatoms. The first-order valence-corrected chi connectivity index (χ1v) is 8.92. The molecular formula is C19H19BrN2O5. The second kappa shape index (κ2) is 9.72. The zero-order chi connectivity index (χ0) is 19.8. The van der Waals surface area contributed by atoms with Crippen molar-refractivity contribution in [1.82, 2.24) is 5.32 Å². The number of rotatable bonds is 7. The van der Waals surface area contributed by atoms with Crippen molar-refractivity contribution in [3.05, 3.63) is 58.1 Å². The van der Waals surface area contributed by atoms with Crippen LogP contribution in [0, 0.1) is 0 Å². The Morgan fingerprint density at radius 1 is 1.11 bits per heavy atom. The maximum atomic E-state index is 12.2. The van der Waals surface area contributed by atoms with Crippen LogP contribution in [-0.2, 0) is 9.53 Å². The average molecular weight is 435 g/mol. The fourth-order valence-electron chi connectivity index (χ4n) is 2.19. The molecule has 0 aromatic heterocycles. The SMILES string of the molecule is CCNC(=O)c1cccc(NC(=O)COC(=O)c2cc(OC)ccc2Br)c1. The number of carbonyl (C=O) groups excluding carboxylic acids is 3. The standard InChI is InChI=1S/C19H19BrN2O5/c1-3-21-18(24)12-5-4-6-13(9-12)22-17(23)11-27-19(25)15-10-14(26-2)7-8-16(15)20/h4-10H,3,11H2,1-2H3,(H,21,24)(H,22,23). The van der Waals surface area contributed by atoms with E-state index in [9.17, 15) is 14.4 Å². The fraction of sp³-hybridized carbons (Fsp3) is 0.211. The van der Waals surface area contributed by atoms with Gasteiger partial charge in [0.2, 0.25) is 0 Å². The Hall–Kier alpha value is -2.87. The minimum Gasteiger partial charge on any atom is -0.497 e. The molecule has 0 aliphatic carbocycles. The topological polar surface area (TPSA) is 93.7 Å². The molecule has 0 saturated carbocycles. The Morgan fingerprint density at radius 3 is 2.59 bits per heavy atom. The summed E-state index contributed by atoms with van der Waals surface area (Å²) < 4.78 is 10.6. The normalized spacial score (nSPS) is 10.0. The summed E-state index contributed by atoms with van der Waals surface area (Å²) in [4.78, 5) is 36.0. The Balaban J connectivity index is 1.96. The quantitative estimate of drug-likeness (QED) is 0.653. The highest BCUT2D eigenvalue weighted by Crippen LogP contribution is 2.23. The summed E-state index contributed by atoms with van der Waals surface area (Å²) in [5, 5.41) is 5.27. The molecule has 2 N–H and O–H groups in total. The van der Waals surface area contributed by atoms with Gasteiger partial charge in [-0.3, -0.25) is 9.59 Å². The lowest BCUT2D eigenvalue weighted by atomic mass is 10.2. The summed E-state index contributed by atoms with van der Waals surface area (Å²) in [5.74, 6) is -0.915. The largest absolute Gasteiger partial charge is 0.497 e. The Labute approximate surface area is 165 Å². The number of amides is 2. The van der Waals surface area contributed by atoms with Crippen molar-refractivity contribution in [1.29, 1.82) is 0 Å². The first-order chi connectivity index (χ1) is 12.9. The molecule has 0 aliphatic rings. The second-order valence-electron chi connectivity index (χ2n) is 5.41. The summed E-state index contributed by atoms with van der Waals surface area (Å²) in [6.07, 6.45) is 0. The van der Waals surface area contributed by atoms with E-state index in [1.54, 1.807) is 36.4 Å². The molecule has 2 amide bonds. The Morgan fingerprint density at radius 2 is 1.89 bits per heavy atom. The summed E-state index contributed by atoms with van der Waals surface area (Å²) >= 11 is 3.26. The van der Waals surface area contributed by atoms with E-state index in [-0.39, 0.29) is 11.5 Å². The Kier molecular flexibility index (Phi) is 7.36. The van der Waals surface area contributed by atoms with E-state index in [1.807, 2.05) is 6.92 Å². The first-order valence-electron chi connectivity index (χ1n) is 8.13. The molecule has 0 aliphatic heterocycles. The third kappa shape index (κ3) is 5.82. The van der Waals surface area contributed by atoms with Crippen LogP contribution < -0.4 is 15.4 Å². The number of anilines is 1. The predicted molar refractivity (Wildman–Crippen MR) is 104 cm³/mol. The molecule has 7 nitrogen and oxygen atoms in total. The van der Waals surface area contributed by atoms with Gasteiger partial charge in [0.25, 0.3) is 11.8 Å². The molecule has 142 valence electrons. The molecule has 0 heterocycles. The van der Waals surface area contributed by atoms with E-state index < -0.39 is 18.5 Å². The molecule has 0 spiro atoms. The minimum absolute atomic E-state index is 0.233. The fourth-order valence-corrected chi connectivity index (χ4v) is 2.60. The van der Waals surface area contributed by atoms with Crippen LogP contribution in [0.25, 0.3) is 0 Å².